The van der Waals surface area contributed by atoms with Gasteiger partial charge in [0.05, 0.1) is 11.0 Å². The molecule has 0 aliphatic carbocycles. The van der Waals surface area contributed by atoms with Gasteiger partial charge in [-0.3, -0.25) is 29.5 Å². The summed E-state index contributed by atoms with van der Waals surface area (Å²) in [4.78, 5) is 57.1. The van der Waals surface area contributed by atoms with Gasteiger partial charge in [0.2, 0.25) is 11.8 Å². The molecule has 10 nitrogen and oxygen atoms in total. The third kappa shape index (κ3) is 2.70. The number of rotatable bonds is 3. The molecule has 1 spiro atoms. The van der Waals surface area contributed by atoms with Crippen LogP contribution < -0.4 is 4.90 Å². The molecule has 1 aromatic carbocycles. The van der Waals surface area contributed by atoms with Crippen molar-refractivity contribution in [2.75, 3.05) is 45.2 Å². The number of urea groups is 1. The van der Waals surface area contributed by atoms with E-state index in [4.69, 9.17) is 0 Å². The first-order valence-electron chi connectivity index (χ1n) is 10.1. The molecule has 3 aliphatic rings. The number of fused-ring (bicyclic) bond motifs is 4. The molecule has 0 N–H and O–H groups in total. The van der Waals surface area contributed by atoms with Crippen LogP contribution in [-0.4, -0.2) is 83.8 Å². The van der Waals surface area contributed by atoms with Gasteiger partial charge in [0.15, 0.2) is 5.41 Å². The molecule has 1 aromatic rings. The van der Waals surface area contributed by atoms with Crippen molar-refractivity contribution in [3.8, 4) is 0 Å². The third-order valence-electron chi connectivity index (χ3n) is 6.48. The maximum Gasteiger partial charge on any atom is 0.333 e. The second-order valence-electron chi connectivity index (χ2n) is 8.29. The van der Waals surface area contributed by atoms with E-state index in [0.717, 1.165) is 22.0 Å². The second kappa shape index (κ2) is 7.05. The number of likely N-dealkylation sites (N-methyl/N-ethyl adjacent to an activating group) is 1. The Kier molecular flexibility index (Phi) is 4.76. The van der Waals surface area contributed by atoms with Crippen molar-refractivity contribution in [1.82, 2.24) is 14.7 Å². The number of nitro benzene ring substituents is 1. The van der Waals surface area contributed by atoms with Gasteiger partial charge in [-0.15, -0.1) is 0 Å². The zero-order chi connectivity index (χ0) is 21.8. The fraction of sp³-hybridized carbons (Fsp3) is 0.550. The lowest BCUT2D eigenvalue weighted by Gasteiger charge is -2.56. The third-order valence-corrected chi connectivity index (χ3v) is 6.48. The van der Waals surface area contributed by atoms with Crippen LogP contribution in [0.5, 0.6) is 0 Å². The Morgan fingerprint density at radius 3 is 2.57 bits per heavy atom. The number of imide groups is 2. The lowest BCUT2D eigenvalue weighted by molar-refractivity contribution is -0.384. The summed E-state index contributed by atoms with van der Waals surface area (Å²) in [5.74, 6) is -1.03. The molecule has 4 rings (SSSR count). The first kappa shape index (κ1) is 20.3. The average molecular weight is 415 g/mol. The number of hydrogen-bond acceptors (Lipinski definition) is 7. The first-order chi connectivity index (χ1) is 14.2. The van der Waals surface area contributed by atoms with Gasteiger partial charge in [0.1, 0.15) is 0 Å². The van der Waals surface area contributed by atoms with Gasteiger partial charge in [-0.05, 0) is 25.1 Å². The Balaban J connectivity index is 1.91. The molecule has 2 fully saturated rings. The van der Waals surface area contributed by atoms with E-state index in [1.807, 2.05) is 18.9 Å². The number of carbonyl (C=O) groups excluding carboxylic acids is 3. The van der Waals surface area contributed by atoms with Gasteiger partial charge in [-0.2, -0.15) is 0 Å². The van der Waals surface area contributed by atoms with Crippen LogP contribution in [0.25, 0.3) is 0 Å². The van der Waals surface area contributed by atoms with Crippen LogP contribution in [0.4, 0.5) is 16.2 Å². The molecule has 0 saturated carbocycles. The Labute approximate surface area is 174 Å². The smallest absolute Gasteiger partial charge is 0.333 e. The quantitative estimate of drug-likeness (QED) is 0.413. The van der Waals surface area contributed by atoms with E-state index in [2.05, 4.69) is 4.90 Å². The standard InChI is InChI=1S/C20H25N5O5/c1-4-7-24-18(27)20(17(26)22(3)19(24)28)11-13-10-14(25(29)30)5-6-15(13)23-9-8-21(2)12-16(20)23/h5-6,10,16H,4,7-9,11-12H2,1-3H3/t16-,20-/m1/s1. The molecule has 10 heteroatoms. The maximum absolute atomic E-state index is 13.7. The van der Waals surface area contributed by atoms with Crippen LogP contribution in [-0.2, 0) is 16.0 Å². The van der Waals surface area contributed by atoms with E-state index in [0.29, 0.717) is 25.1 Å². The highest BCUT2D eigenvalue weighted by Crippen LogP contribution is 2.47. The van der Waals surface area contributed by atoms with Crippen molar-refractivity contribution in [3.05, 3.63) is 33.9 Å². The van der Waals surface area contributed by atoms with Crippen molar-refractivity contribution in [2.45, 2.75) is 25.8 Å². The second-order valence-corrected chi connectivity index (χ2v) is 8.29. The number of barbiturate groups is 1. The van der Waals surface area contributed by atoms with Gasteiger partial charge in [-0.25, -0.2) is 4.79 Å². The molecule has 0 aromatic heterocycles. The number of non-ortho nitro benzene ring substituents is 1. The molecule has 3 heterocycles. The summed E-state index contributed by atoms with van der Waals surface area (Å²) in [7, 11) is 3.34. The van der Waals surface area contributed by atoms with Crippen molar-refractivity contribution in [3.63, 3.8) is 0 Å². The number of anilines is 1. The summed E-state index contributed by atoms with van der Waals surface area (Å²) in [6.45, 7) is 3.89. The summed E-state index contributed by atoms with van der Waals surface area (Å²) < 4.78 is 0. The minimum absolute atomic E-state index is 0.0362. The Morgan fingerprint density at radius 1 is 1.17 bits per heavy atom. The molecule has 30 heavy (non-hydrogen) atoms. The first-order valence-corrected chi connectivity index (χ1v) is 10.1. The lowest BCUT2D eigenvalue weighted by Crippen LogP contribution is -2.75. The van der Waals surface area contributed by atoms with Crippen LogP contribution in [0.1, 0.15) is 18.9 Å². The molecule has 0 radical (unpaired) electrons. The van der Waals surface area contributed by atoms with Crippen LogP contribution >= 0.6 is 0 Å². The van der Waals surface area contributed by atoms with Crippen molar-refractivity contribution < 1.29 is 19.3 Å². The van der Waals surface area contributed by atoms with E-state index in [1.54, 1.807) is 6.07 Å². The highest BCUT2D eigenvalue weighted by Gasteiger charge is 2.64. The predicted octanol–water partition coefficient (Wildman–Crippen LogP) is 1.09. The molecule has 2 saturated heterocycles. The topological polar surface area (TPSA) is 107 Å². The monoisotopic (exact) mass is 415 g/mol. The molecular formula is C20H25N5O5. The van der Waals surface area contributed by atoms with E-state index < -0.39 is 34.2 Å². The van der Waals surface area contributed by atoms with Gasteiger partial charge in [0, 0.05) is 57.5 Å². The van der Waals surface area contributed by atoms with Crippen molar-refractivity contribution in [1.29, 1.82) is 0 Å². The highest BCUT2D eigenvalue weighted by molar-refractivity contribution is 6.20. The molecule has 2 atom stereocenters. The minimum atomic E-state index is -1.49. The van der Waals surface area contributed by atoms with E-state index in [1.165, 1.54) is 19.2 Å². The maximum atomic E-state index is 13.7. The fourth-order valence-corrected chi connectivity index (χ4v) is 5.00. The van der Waals surface area contributed by atoms with Crippen molar-refractivity contribution >= 4 is 29.2 Å². The van der Waals surface area contributed by atoms with Gasteiger partial charge < -0.3 is 9.80 Å². The fourth-order valence-electron chi connectivity index (χ4n) is 5.00. The van der Waals surface area contributed by atoms with E-state index >= 15 is 0 Å². The summed E-state index contributed by atoms with van der Waals surface area (Å²) in [6, 6.07) is 3.54. The van der Waals surface area contributed by atoms with Crippen LogP contribution in [0.3, 0.4) is 0 Å². The van der Waals surface area contributed by atoms with Gasteiger partial charge >= 0.3 is 6.03 Å². The number of piperazine rings is 1. The molecule has 4 amide bonds. The highest BCUT2D eigenvalue weighted by atomic mass is 16.6. The molecule has 0 bridgehead atoms. The normalized spacial score (nSPS) is 26.8. The average Bonchev–Trinajstić information content (AvgIpc) is 2.73. The van der Waals surface area contributed by atoms with Crippen LogP contribution in [0.2, 0.25) is 0 Å². The summed E-state index contributed by atoms with van der Waals surface area (Å²) in [6.07, 6.45) is 0.612. The molecule has 3 aliphatic heterocycles. The largest absolute Gasteiger partial charge is 0.364 e. The van der Waals surface area contributed by atoms with Crippen molar-refractivity contribution in [2.24, 2.45) is 5.41 Å². The number of carbonyl (C=O) groups is 3. The number of nitrogens with zero attached hydrogens (tertiary/aromatic N) is 5. The molecule has 160 valence electrons. The predicted molar refractivity (Wildman–Crippen MR) is 108 cm³/mol. The lowest BCUT2D eigenvalue weighted by atomic mass is 9.67. The minimum Gasteiger partial charge on any atom is -0.364 e. The Morgan fingerprint density at radius 2 is 1.90 bits per heavy atom. The Hall–Kier alpha value is -3.01. The number of benzene rings is 1. The van der Waals surface area contributed by atoms with E-state index in [-0.39, 0.29) is 18.7 Å². The number of hydrogen-bond donors (Lipinski definition) is 0. The number of amides is 4. The van der Waals surface area contributed by atoms with Gasteiger partial charge in [-0.1, -0.05) is 6.92 Å². The van der Waals surface area contributed by atoms with Gasteiger partial charge in [0.25, 0.3) is 5.69 Å². The van der Waals surface area contributed by atoms with E-state index in [9.17, 15) is 24.5 Å². The summed E-state index contributed by atoms with van der Waals surface area (Å²) in [5.41, 5.74) is -0.172. The Bertz CT molecular complexity index is 950. The molecular weight excluding hydrogens is 390 g/mol. The van der Waals surface area contributed by atoms with Crippen LogP contribution in [0.15, 0.2) is 18.2 Å². The number of nitro groups is 1. The molecule has 0 unspecified atom stereocenters. The summed E-state index contributed by atoms with van der Waals surface area (Å²) in [5, 5.41) is 11.3. The summed E-state index contributed by atoms with van der Waals surface area (Å²) >= 11 is 0. The SMILES string of the molecule is CCCN1C(=O)N(C)C(=O)[C@]2(Cc3cc([N+](=O)[O-])ccc3N3CCN(C)C[C@@H]32)C1=O. The zero-order valence-electron chi connectivity index (χ0n) is 17.3. The van der Waals surface area contributed by atoms with Crippen LogP contribution in [0, 0.1) is 15.5 Å². The zero-order valence-corrected chi connectivity index (χ0v) is 17.3.